The lowest BCUT2D eigenvalue weighted by Gasteiger charge is -2.33. The number of nitrogens with two attached hydrogens (primary N) is 2. The van der Waals surface area contributed by atoms with E-state index in [-0.39, 0.29) is 17.7 Å². The van der Waals surface area contributed by atoms with Crippen molar-refractivity contribution in [3.05, 3.63) is 17.7 Å². The number of ether oxygens (including phenoxy) is 1. The van der Waals surface area contributed by atoms with Crippen molar-refractivity contribution in [2.24, 2.45) is 0 Å². The maximum atomic E-state index is 12.6. The second kappa shape index (κ2) is 5.40. The van der Waals surface area contributed by atoms with Crippen molar-refractivity contribution < 1.29 is 14.3 Å². The number of amides is 1. The molecule has 0 aliphatic carbocycles. The monoisotopic (exact) mass is 277 g/mol. The van der Waals surface area contributed by atoms with Gasteiger partial charge in [-0.1, -0.05) is 0 Å². The summed E-state index contributed by atoms with van der Waals surface area (Å²) in [4.78, 5) is 25.7. The molecular formula is C14H19N3O3. The van der Waals surface area contributed by atoms with E-state index < -0.39 is 0 Å². The number of piperidine rings is 1. The number of anilines is 2. The van der Waals surface area contributed by atoms with E-state index in [0.717, 1.165) is 0 Å². The number of ketones is 1. The van der Waals surface area contributed by atoms with Crippen molar-refractivity contribution in [3.8, 4) is 5.75 Å². The number of Topliss-reactive ketones (excluding diaryl/α,β-unsaturated/α-hetero) is 1. The Bertz CT molecular complexity index is 557. The fraction of sp³-hybridized carbons (Fsp3) is 0.429. The van der Waals surface area contributed by atoms with Crippen LogP contribution in [0.3, 0.4) is 0 Å². The van der Waals surface area contributed by atoms with Gasteiger partial charge in [-0.25, -0.2) is 0 Å². The lowest BCUT2D eigenvalue weighted by atomic mass is 10.0. The van der Waals surface area contributed by atoms with Crippen LogP contribution >= 0.6 is 0 Å². The molecule has 1 fully saturated rings. The number of nitrogen functional groups attached to an aromatic ring is 2. The summed E-state index contributed by atoms with van der Waals surface area (Å²) < 4.78 is 5.20. The van der Waals surface area contributed by atoms with Gasteiger partial charge in [0.15, 0.2) is 0 Å². The molecule has 1 aliphatic heterocycles. The fourth-order valence-corrected chi connectivity index (χ4v) is 2.41. The smallest absolute Gasteiger partial charge is 0.257 e. The Morgan fingerprint density at radius 3 is 2.60 bits per heavy atom. The van der Waals surface area contributed by atoms with Gasteiger partial charge < -0.3 is 21.1 Å². The molecule has 1 amide bonds. The maximum Gasteiger partial charge on any atom is 0.257 e. The number of nitrogens with zero attached hydrogens (tertiary/aromatic N) is 1. The van der Waals surface area contributed by atoms with Crippen molar-refractivity contribution in [2.45, 2.75) is 25.8 Å². The second-order valence-electron chi connectivity index (χ2n) is 5.02. The number of hydrogen-bond donors (Lipinski definition) is 2. The lowest BCUT2D eigenvalue weighted by molar-refractivity contribution is -0.122. The zero-order valence-electron chi connectivity index (χ0n) is 11.7. The summed E-state index contributed by atoms with van der Waals surface area (Å²) in [6.07, 6.45) is 0.779. The number of methoxy groups -OCH3 is 1. The number of carbonyl (C=O) groups excluding carboxylic acids is 2. The van der Waals surface area contributed by atoms with Crippen molar-refractivity contribution >= 4 is 23.1 Å². The summed E-state index contributed by atoms with van der Waals surface area (Å²) in [6, 6.07) is 2.95. The van der Waals surface area contributed by atoms with E-state index in [9.17, 15) is 9.59 Å². The van der Waals surface area contributed by atoms with E-state index in [4.69, 9.17) is 16.2 Å². The van der Waals surface area contributed by atoms with E-state index in [1.807, 2.05) is 6.92 Å². The van der Waals surface area contributed by atoms with Crippen molar-refractivity contribution in [3.63, 3.8) is 0 Å². The van der Waals surface area contributed by atoms with Gasteiger partial charge in [0, 0.05) is 31.5 Å². The molecule has 108 valence electrons. The Labute approximate surface area is 117 Å². The number of benzene rings is 1. The molecule has 1 aromatic carbocycles. The highest BCUT2D eigenvalue weighted by molar-refractivity contribution is 6.00. The molecule has 1 saturated heterocycles. The van der Waals surface area contributed by atoms with Crippen molar-refractivity contribution in [1.82, 2.24) is 4.90 Å². The molecule has 2 rings (SSSR count). The van der Waals surface area contributed by atoms with E-state index in [1.54, 1.807) is 11.0 Å². The van der Waals surface area contributed by atoms with Crippen LogP contribution in [0.25, 0.3) is 0 Å². The molecule has 6 heteroatoms. The van der Waals surface area contributed by atoms with Gasteiger partial charge in [0.05, 0.1) is 24.0 Å². The highest BCUT2D eigenvalue weighted by Gasteiger charge is 2.29. The Morgan fingerprint density at radius 1 is 1.35 bits per heavy atom. The molecule has 1 atom stereocenters. The van der Waals surface area contributed by atoms with Gasteiger partial charge in [-0.2, -0.15) is 0 Å². The molecule has 0 spiro atoms. The third kappa shape index (κ3) is 2.54. The van der Waals surface area contributed by atoms with E-state index in [0.29, 0.717) is 42.1 Å². The van der Waals surface area contributed by atoms with Gasteiger partial charge >= 0.3 is 0 Å². The molecule has 6 nitrogen and oxygen atoms in total. The minimum Gasteiger partial charge on any atom is -0.496 e. The Kier molecular flexibility index (Phi) is 3.83. The third-order valence-electron chi connectivity index (χ3n) is 3.58. The van der Waals surface area contributed by atoms with Gasteiger partial charge in [-0.15, -0.1) is 0 Å². The van der Waals surface area contributed by atoms with E-state index >= 15 is 0 Å². The number of rotatable bonds is 2. The van der Waals surface area contributed by atoms with Gasteiger partial charge in [0.1, 0.15) is 11.5 Å². The van der Waals surface area contributed by atoms with Gasteiger partial charge in [-0.05, 0) is 13.0 Å². The molecule has 4 N–H and O–H groups in total. The van der Waals surface area contributed by atoms with Crippen LogP contribution in [0.4, 0.5) is 11.4 Å². The first-order valence-electron chi connectivity index (χ1n) is 6.49. The summed E-state index contributed by atoms with van der Waals surface area (Å²) in [5.41, 5.74) is 12.6. The molecule has 0 radical (unpaired) electrons. The molecule has 1 unspecified atom stereocenters. The summed E-state index contributed by atoms with van der Waals surface area (Å²) in [5, 5.41) is 0. The predicted molar refractivity (Wildman–Crippen MR) is 76.6 cm³/mol. The molecule has 1 aromatic rings. The van der Waals surface area contributed by atoms with Crippen LogP contribution in [-0.2, 0) is 4.79 Å². The van der Waals surface area contributed by atoms with E-state index in [2.05, 4.69) is 0 Å². The Morgan fingerprint density at radius 2 is 2.00 bits per heavy atom. The SMILES string of the molecule is COc1cc(N)c(N)cc1C(=O)N1CCC(=O)CC1C. The summed E-state index contributed by atoms with van der Waals surface area (Å²) >= 11 is 0. The molecule has 0 bridgehead atoms. The highest BCUT2D eigenvalue weighted by Crippen LogP contribution is 2.29. The van der Waals surface area contributed by atoms with Crippen LogP contribution in [0.15, 0.2) is 12.1 Å². The molecular weight excluding hydrogens is 258 g/mol. The van der Waals surface area contributed by atoms with Gasteiger partial charge in [-0.3, -0.25) is 9.59 Å². The van der Waals surface area contributed by atoms with Crippen LogP contribution < -0.4 is 16.2 Å². The third-order valence-corrected chi connectivity index (χ3v) is 3.58. The zero-order valence-corrected chi connectivity index (χ0v) is 11.7. The largest absolute Gasteiger partial charge is 0.496 e. The molecule has 1 heterocycles. The lowest BCUT2D eigenvalue weighted by Crippen LogP contribution is -2.44. The van der Waals surface area contributed by atoms with Crippen LogP contribution in [0, 0.1) is 0 Å². The van der Waals surface area contributed by atoms with Crippen LogP contribution in [0.2, 0.25) is 0 Å². The van der Waals surface area contributed by atoms with Crippen molar-refractivity contribution in [2.75, 3.05) is 25.1 Å². The van der Waals surface area contributed by atoms with Crippen molar-refractivity contribution in [1.29, 1.82) is 0 Å². The first-order valence-corrected chi connectivity index (χ1v) is 6.49. The fourth-order valence-electron chi connectivity index (χ4n) is 2.41. The average molecular weight is 277 g/mol. The molecule has 0 saturated carbocycles. The topological polar surface area (TPSA) is 98.7 Å². The quantitative estimate of drug-likeness (QED) is 0.787. The maximum absolute atomic E-state index is 12.6. The van der Waals surface area contributed by atoms with Gasteiger partial charge in [0.2, 0.25) is 0 Å². The molecule has 20 heavy (non-hydrogen) atoms. The highest BCUT2D eigenvalue weighted by atomic mass is 16.5. The standard InChI is InChI=1S/C14H19N3O3/c1-8-5-9(18)3-4-17(8)14(19)10-6-11(15)12(16)7-13(10)20-2/h6-8H,3-5,15-16H2,1-2H3. The van der Waals surface area contributed by atoms with Gasteiger partial charge in [0.25, 0.3) is 5.91 Å². The summed E-state index contributed by atoms with van der Waals surface area (Å²) in [7, 11) is 1.48. The first-order chi connectivity index (χ1) is 9.43. The first kappa shape index (κ1) is 14.2. The van der Waals surface area contributed by atoms with Crippen LogP contribution in [-0.4, -0.2) is 36.3 Å². The second-order valence-corrected chi connectivity index (χ2v) is 5.02. The Hall–Kier alpha value is -2.24. The summed E-state index contributed by atoms with van der Waals surface area (Å²) in [5.74, 6) is 0.393. The molecule has 1 aliphatic rings. The molecule has 0 aromatic heterocycles. The average Bonchev–Trinajstić information content (AvgIpc) is 2.40. The predicted octanol–water partition coefficient (Wildman–Crippen LogP) is 1.05. The summed E-state index contributed by atoms with van der Waals surface area (Å²) in [6.45, 7) is 2.29. The van der Waals surface area contributed by atoms with E-state index in [1.165, 1.54) is 13.2 Å². The number of carbonyl (C=O) groups is 2. The minimum absolute atomic E-state index is 0.118. The Balaban J connectivity index is 2.33. The van der Waals surface area contributed by atoms with Crippen LogP contribution in [0.5, 0.6) is 5.75 Å². The minimum atomic E-state index is -0.187. The number of likely N-dealkylation sites (tertiary alicyclic amines) is 1. The van der Waals surface area contributed by atoms with Crippen LogP contribution in [0.1, 0.15) is 30.1 Å². The number of hydrogen-bond acceptors (Lipinski definition) is 5. The zero-order chi connectivity index (χ0) is 14.9. The normalized spacial score (nSPS) is 19.0.